The molecule has 0 bridgehead atoms. The van der Waals surface area contributed by atoms with Gasteiger partial charge in [-0.15, -0.1) is 21.5 Å². The maximum absolute atomic E-state index is 13.3. The molecule has 136 valence electrons. The van der Waals surface area contributed by atoms with Gasteiger partial charge in [-0.25, -0.2) is 13.8 Å². The van der Waals surface area contributed by atoms with Crippen molar-refractivity contribution in [2.45, 2.75) is 11.3 Å². The summed E-state index contributed by atoms with van der Waals surface area (Å²) in [4.78, 5) is 16.3. The van der Waals surface area contributed by atoms with Gasteiger partial charge in [0.15, 0.2) is 21.1 Å². The minimum Gasteiger partial charge on any atom is -0.360 e. The fourth-order valence-electron chi connectivity index (χ4n) is 1.89. The van der Waals surface area contributed by atoms with Gasteiger partial charge in [-0.3, -0.25) is 4.79 Å². The van der Waals surface area contributed by atoms with E-state index in [0.29, 0.717) is 25.9 Å². The first-order valence-electron chi connectivity index (χ1n) is 7.46. The van der Waals surface area contributed by atoms with Crippen LogP contribution in [0.25, 0.3) is 11.3 Å². The van der Waals surface area contributed by atoms with E-state index < -0.39 is 11.6 Å². The van der Waals surface area contributed by atoms with Crippen molar-refractivity contribution in [2.24, 2.45) is 0 Å². The molecule has 3 rings (SSSR count). The number of nitrogens with zero attached hydrogens (tertiary/aromatic N) is 3. The molecule has 0 atom stereocenters. The van der Waals surface area contributed by atoms with Crippen LogP contribution in [0, 0.1) is 11.6 Å². The lowest BCUT2D eigenvalue weighted by atomic mass is 10.2. The first kappa shape index (κ1) is 18.7. The van der Waals surface area contributed by atoms with Gasteiger partial charge in [0, 0.05) is 17.5 Å². The summed E-state index contributed by atoms with van der Waals surface area (Å²) in [5.41, 5.74) is 0.913. The fourth-order valence-corrected chi connectivity index (χ4v) is 4.25. The maximum atomic E-state index is 13.3. The second-order valence-corrected chi connectivity index (χ2v) is 7.97. The third kappa shape index (κ3) is 4.74. The van der Waals surface area contributed by atoms with Crippen LogP contribution >= 0.6 is 34.4 Å². The maximum Gasteiger partial charge on any atom is 0.236 e. The number of hydrogen-bond acceptors (Lipinski definition) is 8. The highest BCUT2D eigenvalue weighted by Crippen LogP contribution is 2.27. The quantitative estimate of drug-likeness (QED) is 0.568. The molecular formula is C15H13F2N5OS3. The number of rotatable bonds is 7. The van der Waals surface area contributed by atoms with Gasteiger partial charge in [0.05, 0.1) is 11.4 Å². The number of aromatic nitrogens is 3. The SMILES string of the molecule is CCNc1nnc(SCC(=O)Nc2nc(-c3ccc(F)c(F)c3)cs2)s1. The standard InChI is InChI=1S/C15H13F2N5OS3/c1-2-18-13-21-22-15(26-13)25-7-12(23)20-14-19-11(6-24-14)8-3-4-9(16)10(17)5-8/h3-6H,2,7H2,1H3,(H,18,21)(H,19,20,23). The Morgan fingerprint density at radius 2 is 2.08 bits per heavy atom. The summed E-state index contributed by atoms with van der Waals surface area (Å²) >= 11 is 3.87. The number of nitrogens with one attached hydrogen (secondary N) is 2. The monoisotopic (exact) mass is 413 g/mol. The lowest BCUT2D eigenvalue weighted by Gasteiger charge is -2.00. The van der Waals surface area contributed by atoms with Crippen molar-refractivity contribution < 1.29 is 13.6 Å². The molecule has 2 N–H and O–H groups in total. The van der Waals surface area contributed by atoms with E-state index in [1.54, 1.807) is 5.38 Å². The highest BCUT2D eigenvalue weighted by Gasteiger charge is 2.12. The number of amides is 1. The number of halogens is 2. The molecular weight excluding hydrogens is 400 g/mol. The van der Waals surface area contributed by atoms with Crippen molar-refractivity contribution in [3.63, 3.8) is 0 Å². The zero-order valence-electron chi connectivity index (χ0n) is 13.5. The average Bonchev–Trinajstić information content (AvgIpc) is 3.25. The molecule has 26 heavy (non-hydrogen) atoms. The van der Waals surface area contributed by atoms with Gasteiger partial charge in [0.25, 0.3) is 0 Å². The van der Waals surface area contributed by atoms with Crippen molar-refractivity contribution in [1.29, 1.82) is 0 Å². The zero-order chi connectivity index (χ0) is 18.5. The number of thioether (sulfide) groups is 1. The minimum atomic E-state index is -0.938. The number of benzene rings is 1. The topological polar surface area (TPSA) is 79.8 Å². The minimum absolute atomic E-state index is 0.168. The van der Waals surface area contributed by atoms with E-state index in [-0.39, 0.29) is 11.7 Å². The number of thiazole rings is 1. The van der Waals surface area contributed by atoms with E-state index in [9.17, 15) is 13.6 Å². The Hall–Kier alpha value is -2.11. The van der Waals surface area contributed by atoms with E-state index in [1.165, 1.54) is 40.5 Å². The highest BCUT2D eigenvalue weighted by atomic mass is 32.2. The molecule has 0 aliphatic heterocycles. The molecule has 0 aliphatic carbocycles. The molecule has 2 aromatic heterocycles. The molecule has 0 unspecified atom stereocenters. The predicted octanol–water partition coefficient (Wildman–Crippen LogP) is 4.10. The van der Waals surface area contributed by atoms with Crippen LogP contribution in [0.5, 0.6) is 0 Å². The van der Waals surface area contributed by atoms with Crippen molar-refractivity contribution in [2.75, 3.05) is 22.9 Å². The van der Waals surface area contributed by atoms with E-state index in [4.69, 9.17) is 0 Å². The van der Waals surface area contributed by atoms with Gasteiger partial charge in [0.1, 0.15) is 0 Å². The Morgan fingerprint density at radius 3 is 2.85 bits per heavy atom. The largest absolute Gasteiger partial charge is 0.360 e. The number of carbonyl (C=O) groups is 1. The Morgan fingerprint density at radius 1 is 1.23 bits per heavy atom. The van der Waals surface area contributed by atoms with Gasteiger partial charge in [-0.05, 0) is 25.1 Å². The molecule has 0 saturated carbocycles. The van der Waals surface area contributed by atoms with Crippen molar-refractivity contribution >= 4 is 50.6 Å². The smallest absolute Gasteiger partial charge is 0.236 e. The Balaban J connectivity index is 1.56. The normalized spacial score (nSPS) is 10.7. The van der Waals surface area contributed by atoms with Crippen LogP contribution < -0.4 is 10.6 Å². The van der Waals surface area contributed by atoms with Gasteiger partial charge in [-0.1, -0.05) is 23.1 Å². The van der Waals surface area contributed by atoms with Crippen molar-refractivity contribution in [3.8, 4) is 11.3 Å². The Kier molecular flexibility index (Phi) is 6.12. The Bertz CT molecular complexity index is 914. The first-order chi connectivity index (χ1) is 12.5. The molecule has 2 heterocycles. The second-order valence-electron chi connectivity index (χ2n) is 4.91. The van der Waals surface area contributed by atoms with E-state index in [1.807, 2.05) is 6.92 Å². The summed E-state index contributed by atoms with van der Waals surface area (Å²) in [7, 11) is 0. The summed E-state index contributed by atoms with van der Waals surface area (Å²) in [5.74, 6) is -1.92. The van der Waals surface area contributed by atoms with Crippen LogP contribution in [0.2, 0.25) is 0 Å². The van der Waals surface area contributed by atoms with Crippen LogP contribution in [0.4, 0.5) is 19.0 Å². The molecule has 0 saturated heterocycles. The number of hydrogen-bond donors (Lipinski definition) is 2. The number of carbonyl (C=O) groups excluding carboxylic acids is 1. The van der Waals surface area contributed by atoms with Crippen molar-refractivity contribution in [3.05, 3.63) is 35.2 Å². The van der Waals surface area contributed by atoms with Crippen molar-refractivity contribution in [1.82, 2.24) is 15.2 Å². The average molecular weight is 414 g/mol. The molecule has 0 radical (unpaired) electrons. The lowest BCUT2D eigenvalue weighted by Crippen LogP contribution is -2.13. The highest BCUT2D eigenvalue weighted by molar-refractivity contribution is 8.01. The van der Waals surface area contributed by atoms with E-state index in [2.05, 4.69) is 25.8 Å². The second kappa shape index (κ2) is 8.52. The molecule has 0 fully saturated rings. The Labute approximate surface area is 160 Å². The molecule has 1 amide bonds. The summed E-state index contributed by atoms with van der Waals surface area (Å²) in [6, 6.07) is 3.55. The van der Waals surface area contributed by atoms with Crippen LogP contribution in [0.15, 0.2) is 27.9 Å². The molecule has 3 aromatic rings. The van der Waals surface area contributed by atoms with E-state index >= 15 is 0 Å². The first-order valence-corrected chi connectivity index (χ1v) is 10.1. The van der Waals surface area contributed by atoms with Gasteiger partial charge in [-0.2, -0.15) is 0 Å². The summed E-state index contributed by atoms with van der Waals surface area (Å²) < 4.78 is 27.0. The molecule has 0 aliphatic rings. The third-order valence-corrected chi connectivity index (χ3v) is 5.80. The summed E-state index contributed by atoms with van der Waals surface area (Å²) in [6.45, 7) is 2.72. The number of anilines is 2. The van der Waals surface area contributed by atoms with Crippen LogP contribution in [0.3, 0.4) is 0 Å². The fraction of sp³-hybridized carbons (Fsp3) is 0.200. The summed E-state index contributed by atoms with van der Waals surface area (Å²) in [6.07, 6.45) is 0. The lowest BCUT2D eigenvalue weighted by molar-refractivity contribution is -0.113. The molecule has 0 spiro atoms. The van der Waals surface area contributed by atoms with Crippen LogP contribution in [0.1, 0.15) is 6.92 Å². The van der Waals surface area contributed by atoms with Gasteiger partial charge in [0.2, 0.25) is 11.0 Å². The van der Waals surface area contributed by atoms with Crippen LogP contribution in [-0.2, 0) is 4.79 Å². The summed E-state index contributed by atoms with van der Waals surface area (Å²) in [5, 5.41) is 16.4. The van der Waals surface area contributed by atoms with Gasteiger partial charge >= 0.3 is 0 Å². The third-order valence-electron chi connectivity index (χ3n) is 3.03. The molecule has 6 nitrogen and oxygen atoms in total. The van der Waals surface area contributed by atoms with Crippen LogP contribution in [-0.4, -0.2) is 33.4 Å². The van der Waals surface area contributed by atoms with E-state index in [0.717, 1.165) is 18.7 Å². The molecule has 1 aromatic carbocycles. The van der Waals surface area contributed by atoms with Gasteiger partial charge < -0.3 is 10.6 Å². The zero-order valence-corrected chi connectivity index (χ0v) is 15.9. The molecule has 11 heteroatoms. The predicted molar refractivity (Wildman–Crippen MR) is 101 cm³/mol.